The third-order valence-electron chi connectivity index (χ3n) is 3.98. The molecule has 0 amide bonds. The molecule has 0 aliphatic heterocycles. The van der Waals surface area contributed by atoms with Gasteiger partial charge in [-0.1, -0.05) is 22.0 Å². The number of ether oxygens (including phenoxy) is 1. The molecule has 0 saturated heterocycles. The van der Waals surface area contributed by atoms with E-state index in [2.05, 4.69) is 26.2 Å². The molecule has 0 fully saturated rings. The molecule has 1 aromatic heterocycles. The summed E-state index contributed by atoms with van der Waals surface area (Å²) < 4.78 is 33.2. The molecule has 3 rings (SSSR count). The summed E-state index contributed by atoms with van der Waals surface area (Å²) in [6.07, 6.45) is -1.43. The molecular formula is C19H15BrF2N2O3. The number of rotatable bonds is 5. The third kappa shape index (κ3) is 4.06. The average molecular weight is 437 g/mol. The largest absolute Gasteiger partial charge is 0.464 e. The number of carbonyl (C=O) groups is 1. The lowest BCUT2D eigenvalue weighted by atomic mass is 10.1. The number of hydrogen-bond acceptors (Lipinski definition) is 5. The van der Waals surface area contributed by atoms with Gasteiger partial charge in [0.25, 0.3) is 0 Å². The van der Waals surface area contributed by atoms with Gasteiger partial charge in [-0.25, -0.2) is 18.6 Å². The Kier molecular flexibility index (Phi) is 5.67. The number of esters is 1. The Morgan fingerprint density at radius 2 is 1.96 bits per heavy atom. The van der Waals surface area contributed by atoms with Gasteiger partial charge in [-0.05, 0) is 36.4 Å². The van der Waals surface area contributed by atoms with Crippen LogP contribution in [0.15, 0.2) is 46.9 Å². The van der Waals surface area contributed by atoms with Crippen LogP contribution in [0.2, 0.25) is 0 Å². The van der Waals surface area contributed by atoms with Gasteiger partial charge in [-0.15, -0.1) is 0 Å². The second-order valence-electron chi connectivity index (χ2n) is 5.74. The summed E-state index contributed by atoms with van der Waals surface area (Å²) in [6.45, 7) is -0.176. The van der Waals surface area contributed by atoms with E-state index in [1.165, 1.54) is 19.2 Å². The highest BCUT2D eigenvalue weighted by Crippen LogP contribution is 2.28. The summed E-state index contributed by atoms with van der Waals surface area (Å²) in [7, 11) is 1.24. The maximum Gasteiger partial charge on any atom is 0.356 e. The van der Waals surface area contributed by atoms with Crippen molar-refractivity contribution in [3.8, 4) is 0 Å². The molecule has 1 unspecified atom stereocenters. The number of benzene rings is 2. The van der Waals surface area contributed by atoms with Crippen LogP contribution in [-0.2, 0) is 4.74 Å². The fraction of sp³-hybridized carbons (Fsp3) is 0.158. The minimum absolute atomic E-state index is 0.0707. The average Bonchev–Trinajstić information content (AvgIpc) is 2.65. The van der Waals surface area contributed by atoms with E-state index >= 15 is 0 Å². The number of nitrogens with zero attached hydrogens (tertiary/aromatic N) is 1. The van der Waals surface area contributed by atoms with Gasteiger partial charge in [0.2, 0.25) is 0 Å². The zero-order valence-corrected chi connectivity index (χ0v) is 15.8. The Bertz CT molecular complexity index is 993. The number of aliphatic hydroxyl groups excluding tert-OH is 1. The highest BCUT2D eigenvalue weighted by Gasteiger charge is 2.19. The van der Waals surface area contributed by atoms with Gasteiger partial charge in [0.15, 0.2) is 5.69 Å². The van der Waals surface area contributed by atoms with E-state index in [-0.39, 0.29) is 12.2 Å². The second kappa shape index (κ2) is 7.98. The number of aliphatic hydroxyl groups is 1. The Morgan fingerprint density at radius 3 is 2.63 bits per heavy atom. The molecular weight excluding hydrogens is 422 g/mol. The highest BCUT2D eigenvalue weighted by molar-refractivity contribution is 9.10. The lowest BCUT2D eigenvalue weighted by Gasteiger charge is -2.16. The van der Waals surface area contributed by atoms with Gasteiger partial charge in [-0.2, -0.15) is 0 Å². The van der Waals surface area contributed by atoms with E-state index < -0.39 is 29.3 Å². The van der Waals surface area contributed by atoms with Gasteiger partial charge in [0, 0.05) is 22.1 Å². The first kappa shape index (κ1) is 19.2. The normalized spacial score (nSPS) is 12.0. The first-order valence-corrected chi connectivity index (χ1v) is 8.74. The number of fused-ring (bicyclic) bond motifs is 1. The van der Waals surface area contributed by atoms with Gasteiger partial charge in [0.05, 0.1) is 18.2 Å². The summed E-state index contributed by atoms with van der Waals surface area (Å²) in [5, 5.41) is 13.8. The summed E-state index contributed by atoms with van der Waals surface area (Å²) >= 11 is 3.37. The van der Waals surface area contributed by atoms with Crippen LogP contribution in [0.5, 0.6) is 0 Å². The number of aromatic nitrogens is 1. The molecule has 8 heteroatoms. The molecule has 3 aromatic rings. The maximum absolute atomic E-state index is 13.8. The SMILES string of the molecule is COC(=O)c1cc(NCC(O)c2c(F)cccc2F)c2cc(Br)ccc2n1. The molecule has 2 aromatic carbocycles. The predicted octanol–water partition coefficient (Wildman–Crippen LogP) is 4.21. The van der Waals surface area contributed by atoms with Crippen molar-refractivity contribution in [2.24, 2.45) is 0 Å². The van der Waals surface area contributed by atoms with Gasteiger partial charge < -0.3 is 15.2 Å². The van der Waals surface area contributed by atoms with Crippen molar-refractivity contribution in [3.05, 3.63) is 69.8 Å². The molecule has 0 bridgehead atoms. The molecule has 1 atom stereocenters. The van der Waals surface area contributed by atoms with Gasteiger partial charge >= 0.3 is 5.97 Å². The molecule has 0 saturated carbocycles. The monoisotopic (exact) mass is 436 g/mol. The van der Waals surface area contributed by atoms with Crippen LogP contribution in [0.3, 0.4) is 0 Å². The lowest BCUT2D eigenvalue weighted by molar-refractivity contribution is 0.0594. The molecule has 0 aliphatic carbocycles. The number of nitrogens with one attached hydrogen (secondary N) is 1. The van der Waals surface area contributed by atoms with E-state index in [9.17, 15) is 18.7 Å². The fourth-order valence-electron chi connectivity index (χ4n) is 2.69. The third-order valence-corrected chi connectivity index (χ3v) is 4.48. The predicted molar refractivity (Wildman–Crippen MR) is 101 cm³/mol. The first-order chi connectivity index (χ1) is 12.9. The number of pyridine rings is 1. The van der Waals surface area contributed by atoms with Crippen molar-refractivity contribution in [1.29, 1.82) is 0 Å². The number of anilines is 1. The van der Waals surface area contributed by atoms with E-state index in [0.29, 0.717) is 16.6 Å². The number of carbonyl (C=O) groups excluding carboxylic acids is 1. The van der Waals surface area contributed by atoms with Crippen molar-refractivity contribution in [2.45, 2.75) is 6.10 Å². The van der Waals surface area contributed by atoms with Crippen LogP contribution in [-0.4, -0.2) is 29.7 Å². The Labute approximate surface area is 162 Å². The van der Waals surface area contributed by atoms with Gasteiger partial charge in [0.1, 0.15) is 17.7 Å². The Hall–Kier alpha value is -2.58. The lowest BCUT2D eigenvalue weighted by Crippen LogP contribution is -2.16. The quantitative estimate of drug-likeness (QED) is 0.586. The Morgan fingerprint density at radius 1 is 1.26 bits per heavy atom. The van der Waals surface area contributed by atoms with Crippen molar-refractivity contribution >= 4 is 38.5 Å². The summed E-state index contributed by atoms with van der Waals surface area (Å²) in [5.74, 6) is -2.28. The van der Waals surface area contributed by atoms with Crippen molar-refractivity contribution in [3.63, 3.8) is 0 Å². The molecule has 1 heterocycles. The number of hydrogen-bond donors (Lipinski definition) is 2. The minimum Gasteiger partial charge on any atom is -0.464 e. The minimum atomic E-state index is -1.43. The summed E-state index contributed by atoms with van der Waals surface area (Å²) in [6, 6.07) is 10.1. The van der Waals surface area contributed by atoms with E-state index in [1.807, 2.05) is 0 Å². The van der Waals surface area contributed by atoms with Crippen molar-refractivity contribution < 1.29 is 23.4 Å². The number of halogens is 3. The second-order valence-corrected chi connectivity index (χ2v) is 6.66. The van der Waals surface area contributed by atoms with E-state index in [1.54, 1.807) is 18.2 Å². The van der Waals surface area contributed by atoms with E-state index in [4.69, 9.17) is 4.74 Å². The zero-order chi connectivity index (χ0) is 19.6. The van der Waals surface area contributed by atoms with Crippen LogP contribution < -0.4 is 5.32 Å². The van der Waals surface area contributed by atoms with Crippen LogP contribution in [0, 0.1) is 11.6 Å². The smallest absolute Gasteiger partial charge is 0.356 e. The molecule has 140 valence electrons. The van der Waals surface area contributed by atoms with Crippen molar-refractivity contribution in [1.82, 2.24) is 4.98 Å². The molecule has 5 nitrogen and oxygen atoms in total. The highest BCUT2D eigenvalue weighted by atomic mass is 79.9. The van der Waals surface area contributed by atoms with Crippen LogP contribution >= 0.6 is 15.9 Å². The Balaban J connectivity index is 1.95. The number of methoxy groups -OCH3 is 1. The van der Waals surface area contributed by atoms with Crippen molar-refractivity contribution in [2.75, 3.05) is 19.0 Å². The fourth-order valence-corrected chi connectivity index (χ4v) is 3.05. The van der Waals surface area contributed by atoms with Gasteiger partial charge in [-0.3, -0.25) is 0 Å². The molecule has 27 heavy (non-hydrogen) atoms. The van der Waals surface area contributed by atoms with Crippen LogP contribution in [0.1, 0.15) is 22.2 Å². The summed E-state index contributed by atoms with van der Waals surface area (Å²) in [4.78, 5) is 16.1. The molecule has 2 N–H and O–H groups in total. The molecule has 0 aliphatic rings. The maximum atomic E-state index is 13.8. The van der Waals surface area contributed by atoms with Crippen LogP contribution in [0.25, 0.3) is 10.9 Å². The van der Waals surface area contributed by atoms with Crippen LogP contribution in [0.4, 0.5) is 14.5 Å². The van der Waals surface area contributed by atoms with E-state index in [0.717, 1.165) is 16.6 Å². The summed E-state index contributed by atoms with van der Waals surface area (Å²) in [5.41, 5.74) is 0.645. The standard InChI is InChI=1S/C19H15BrF2N2O3/c1-27-19(26)16-8-15(11-7-10(20)5-6-14(11)24-16)23-9-17(25)18-12(21)3-2-4-13(18)22/h2-8,17,25H,9H2,1H3,(H,23,24). The first-order valence-electron chi connectivity index (χ1n) is 7.95. The molecule has 0 spiro atoms. The zero-order valence-electron chi connectivity index (χ0n) is 14.2. The topological polar surface area (TPSA) is 71.5 Å². The molecule has 0 radical (unpaired) electrons.